The van der Waals surface area contributed by atoms with E-state index in [4.69, 9.17) is 4.42 Å². The summed E-state index contributed by atoms with van der Waals surface area (Å²) in [4.78, 5) is 15.9. The molecule has 0 aliphatic rings. The topological polar surface area (TPSA) is 98.7 Å². The van der Waals surface area contributed by atoms with E-state index in [1.807, 2.05) is 32.0 Å². The fourth-order valence-corrected chi connectivity index (χ4v) is 2.66. The van der Waals surface area contributed by atoms with Gasteiger partial charge in [0.05, 0.1) is 5.75 Å². The van der Waals surface area contributed by atoms with Crippen molar-refractivity contribution in [1.29, 1.82) is 0 Å². The predicted octanol–water partition coefficient (Wildman–Crippen LogP) is 2.06. The Kier molecular flexibility index (Phi) is 4.90. The van der Waals surface area contributed by atoms with Crippen LogP contribution in [0.1, 0.15) is 17.0 Å². The fraction of sp³-hybridized carbons (Fsp3) is 0.267. The van der Waals surface area contributed by atoms with E-state index in [1.165, 1.54) is 18.1 Å². The molecule has 124 valence electrons. The Hall–Kier alpha value is -2.68. The van der Waals surface area contributed by atoms with Crippen LogP contribution >= 0.6 is 11.8 Å². The van der Waals surface area contributed by atoms with Crippen LogP contribution in [0.3, 0.4) is 0 Å². The fourth-order valence-electron chi connectivity index (χ4n) is 2.08. The van der Waals surface area contributed by atoms with Gasteiger partial charge in [-0.1, -0.05) is 29.5 Å². The third-order valence-corrected chi connectivity index (χ3v) is 4.01. The SMILES string of the molecule is Cc1ccc(NC(=O)CSc2nnc(Cn3cncn3)o2)c(C)c1. The van der Waals surface area contributed by atoms with Gasteiger partial charge in [0.1, 0.15) is 19.2 Å². The maximum atomic E-state index is 12.0. The van der Waals surface area contributed by atoms with Crippen LogP contribution in [0, 0.1) is 13.8 Å². The van der Waals surface area contributed by atoms with Crippen LogP contribution in [0.25, 0.3) is 0 Å². The van der Waals surface area contributed by atoms with Crippen molar-refractivity contribution >= 4 is 23.4 Å². The summed E-state index contributed by atoms with van der Waals surface area (Å²) in [6.45, 7) is 4.33. The average molecular weight is 344 g/mol. The van der Waals surface area contributed by atoms with Crippen molar-refractivity contribution in [2.24, 2.45) is 0 Å². The first kappa shape index (κ1) is 16.2. The summed E-state index contributed by atoms with van der Waals surface area (Å²) < 4.78 is 7.05. The normalized spacial score (nSPS) is 10.8. The van der Waals surface area contributed by atoms with Gasteiger partial charge in [0.2, 0.25) is 11.8 Å². The first-order valence-corrected chi connectivity index (χ1v) is 8.23. The highest BCUT2D eigenvalue weighted by atomic mass is 32.2. The molecule has 2 aromatic heterocycles. The van der Waals surface area contributed by atoms with Gasteiger partial charge >= 0.3 is 0 Å². The molecule has 0 bridgehead atoms. The largest absolute Gasteiger partial charge is 0.414 e. The van der Waals surface area contributed by atoms with E-state index >= 15 is 0 Å². The number of aromatic nitrogens is 5. The standard InChI is InChI=1S/C15H16N6O2S/c1-10-3-4-12(11(2)5-10)18-13(22)7-24-15-20-19-14(23-15)6-21-9-16-8-17-21/h3-5,8-9H,6-7H2,1-2H3,(H,18,22). The maximum Gasteiger partial charge on any atom is 0.277 e. The zero-order valence-corrected chi connectivity index (χ0v) is 14.1. The van der Waals surface area contributed by atoms with Crippen molar-refractivity contribution in [3.63, 3.8) is 0 Å². The smallest absolute Gasteiger partial charge is 0.277 e. The van der Waals surface area contributed by atoms with Crippen molar-refractivity contribution in [2.45, 2.75) is 25.6 Å². The van der Waals surface area contributed by atoms with Crippen LogP contribution in [0.15, 0.2) is 40.5 Å². The number of thioether (sulfide) groups is 1. The second kappa shape index (κ2) is 7.26. The Morgan fingerprint density at radius 1 is 1.33 bits per heavy atom. The van der Waals surface area contributed by atoms with E-state index in [0.29, 0.717) is 17.7 Å². The molecule has 8 nitrogen and oxygen atoms in total. The van der Waals surface area contributed by atoms with Gasteiger partial charge in [0.15, 0.2) is 0 Å². The number of anilines is 1. The molecule has 1 N–H and O–H groups in total. The molecule has 3 aromatic rings. The summed E-state index contributed by atoms with van der Waals surface area (Å²) in [6.07, 6.45) is 3.00. The minimum atomic E-state index is -0.122. The summed E-state index contributed by atoms with van der Waals surface area (Å²) in [5.41, 5.74) is 3.00. The van der Waals surface area contributed by atoms with E-state index in [2.05, 4.69) is 25.6 Å². The molecule has 1 aromatic carbocycles. The van der Waals surface area contributed by atoms with Gasteiger partial charge in [-0.15, -0.1) is 10.2 Å². The van der Waals surface area contributed by atoms with Gasteiger partial charge < -0.3 is 9.73 Å². The van der Waals surface area contributed by atoms with E-state index in [1.54, 1.807) is 11.0 Å². The van der Waals surface area contributed by atoms with E-state index in [9.17, 15) is 4.79 Å². The molecule has 24 heavy (non-hydrogen) atoms. The molecule has 9 heteroatoms. The molecule has 1 amide bonds. The number of nitrogens with zero attached hydrogens (tertiary/aromatic N) is 5. The molecule has 3 rings (SSSR count). The molecule has 0 fully saturated rings. The van der Waals surface area contributed by atoms with Crippen LogP contribution in [-0.2, 0) is 11.3 Å². The van der Waals surface area contributed by atoms with Crippen molar-refractivity contribution in [3.8, 4) is 0 Å². The zero-order valence-electron chi connectivity index (χ0n) is 13.3. The first-order chi connectivity index (χ1) is 11.6. The predicted molar refractivity (Wildman–Crippen MR) is 88.7 cm³/mol. The van der Waals surface area contributed by atoms with E-state index < -0.39 is 0 Å². The van der Waals surface area contributed by atoms with Gasteiger partial charge in [0.25, 0.3) is 5.22 Å². The van der Waals surface area contributed by atoms with E-state index in [-0.39, 0.29) is 11.7 Å². The summed E-state index contributed by atoms with van der Waals surface area (Å²) in [7, 11) is 0. The van der Waals surface area contributed by atoms with Crippen molar-refractivity contribution in [3.05, 3.63) is 47.9 Å². The monoisotopic (exact) mass is 344 g/mol. The minimum absolute atomic E-state index is 0.122. The number of nitrogens with one attached hydrogen (secondary N) is 1. The molecule has 0 spiro atoms. The van der Waals surface area contributed by atoms with Gasteiger partial charge in [-0.05, 0) is 25.5 Å². The minimum Gasteiger partial charge on any atom is -0.414 e. The van der Waals surface area contributed by atoms with Crippen LogP contribution < -0.4 is 5.32 Å². The zero-order chi connectivity index (χ0) is 16.9. The van der Waals surface area contributed by atoms with E-state index in [0.717, 1.165) is 16.8 Å². The number of benzene rings is 1. The Morgan fingerprint density at radius 2 is 2.21 bits per heavy atom. The van der Waals surface area contributed by atoms with Crippen LogP contribution in [0.2, 0.25) is 0 Å². The average Bonchev–Trinajstić information content (AvgIpc) is 3.20. The number of amides is 1. The lowest BCUT2D eigenvalue weighted by molar-refractivity contribution is -0.113. The summed E-state index contributed by atoms with van der Waals surface area (Å²) >= 11 is 1.19. The van der Waals surface area contributed by atoms with Crippen molar-refractivity contribution in [1.82, 2.24) is 25.0 Å². The van der Waals surface area contributed by atoms with Crippen LogP contribution in [0.4, 0.5) is 5.69 Å². The number of hydrogen-bond donors (Lipinski definition) is 1. The maximum absolute atomic E-state index is 12.0. The Morgan fingerprint density at radius 3 is 2.96 bits per heavy atom. The Labute approximate surface area is 142 Å². The summed E-state index contributed by atoms with van der Waals surface area (Å²) in [5, 5.41) is 15.0. The first-order valence-electron chi connectivity index (χ1n) is 7.25. The number of aryl methyl sites for hydroxylation is 2. The molecular formula is C15H16N6O2S. The molecule has 0 unspecified atom stereocenters. The lowest BCUT2D eigenvalue weighted by atomic mass is 10.1. The number of carbonyl (C=O) groups excluding carboxylic acids is 1. The van der Waals surface area contributed by atoms with Crippen LogP contribution in [0.5, 0.6) is 0 Å². The number of hydrogen-bond acceptors (Lipinski definition) is 7. The van der Waals surface area contributed by atoms with Gasteiger partial charge in [-0.2, -0.15) is 5.10 Å². The molecule has 0 saturated heterocycles. The highest BCUT2D eigenvalue weighted by molar-refractivity contribution is 7.99. The van der Waals surface area contributed by atoms with Gasteiger partial charge in [-0.3, -0.25) is 4.79 Å². The lowest BCUT2D eigenvalue weighted by Crippen LogP contribution is -2.14. The molecule has 0 radical (unpaired) electrons. The van der Waals surface area contributed by atoms with Crippen LogP contribution in [-0.4, -0.2) is 36.6 Å². The third-order valence-electron chi connectivity index (χ3n) is 3.19. The van der Waals surface area contributed by atoms with Crippen molar-refractivity contribution in [2.75, 3.05) is 11.1 Å². The van der Waals surface area contributed by atoms with Crippen molar-refractivity contribution < 1.29 is 9.21 Å². The second-order valence-electron chi connectivity index (χ2n) is 5.21. The quantitative estimate of drug-likeness (QED) is 0.683. The summed E-state index contributed by atoms with van der Waals surface area (Å²) in [6, 6.07) is 5.89. The molecule has 0 aliphatic carbocycles. The Balaban J connectivity index is 1.52. The van der Waals surface area contributed by atoms with Gasteiger partial charge in [-0.25, -0.2) is 9.67 Å². The van der Waals surface area contributed by atoms with Gasteiger partial charge in [0, 0.05) is 5.69 Å². The third kappa shape index (κ3) is 4.19. The Bertz CT molecular complexity index is 830. The lowest BCUT2D eigenvalue weighted by Gasteiger charge is -2.08. The number of rotatable bonds is 6. The summed E-state index contributed by atoms with van der Waals surface area (Å²) in [5.74, 6) is 0.485. The molecule has 2 heterocycles. The molecule has 0 atom stereocenters. The molecular weight excluding hydrogens is 328 g/mol. The second-order valence-corrected chi connectivity index (χ2v) is 6.14. The highest BCUT2D eigenvalue weighted by Crippen LogP contribution is 2.19. The highest BCUT2D eigenvalue weighted by Gasteiger charge is 2.11. The molecule has 0 saturated carbocycles. The molecule has 0 aliphatic heterocycles. The number of carbonyl (C=O) groups is 1.